The molecule has 31 heavy (non-hydrogen) atoms. The fourth-order valence-electron chi connectivity index (χ4n) is 3.44. The van der Waals surface area contributed by atoms with Crippen LogP contribution in [0, 0.1) is 6.92 Å². The van der Waals surface area contributed by atoms with E-state index in [2.05, 4.69) is 5.32 Å². The Morgan fingerprint density at radius 2 is 1.65 bits per heavy atom. The number of nitrogens with one attached hydrogen (secondary N) is 1. The third-order valence-electron chi connectivity index (χ3n) is 5.17. The Hall–Kier alpha value is -3.57. The maximum Gasteiger partial charge on any atom is 0.278 e. The summed E-state index contributed by atoms with van der Waals surface area (Å²) in [5.74, 6) is -0.0572. The first-order valence-corrected chi connectivity index (χ1v) is 10.2. The van der Waals surface area contributed by atoms with E-state index in [4.69, 9.17) is 16.3 Å². The number of hydrogen-bond acceptors (Lipinski definition) is 4. The van der Waals surface area contributed by atoms with Crippen LogP contribution in [0.3, 0.4) is 0 Å². The molecule has 1 aliphatic heterocycles. The number of carbonyl (C=O) groups excluding carboxylic acids is 2. The van der Waals surface area contributed by atoms with E-state index in [1.165, 1.54) is 4.90 Å². The second-order valence-corrected chi connectivity index (χ2v) is 7.66. The van der Waals surface area contributed by atoms with Crippen molar-refractivity contribution in [1.82, 2.24) is 4.90 Å². The summed E-state index contributed by atoms with van der Waals surface area (Å²) in [6, 6.07) is 21.9. The van der Waals surface area contributed by atoms with Crippen molar-refractivity contribution in [3.05, 3.63) is 100 Å². The molecule has 0 atom stereocenters. The summed E-state index contributed by atoms with van der Waals surface area (Å²) >= 11 is 6.25. The van der Waals surface area contributed by atoms with Gasteiger partial charge in [-0.05, 0) is 47.9 Å². The Morgan fingerprint density at radius 1 is 0.935 bits per heavy atom. The lowest BCUT2D eigenvalue weighted by molar-refractivity contribution is -0.137. The summed E-state index contributed by atoms with van der Waals surface area (Å²) in [7, 11) is 1.58. The standard InChI is InChI=1S/C25H21ClN2O3/c1-16-8-11-19(14-21(16)26)27-23-22(18-9-12-20(31-2)13-10-18)24(29)28(25(23)30)15-17-6-4-3-5-7-17/h3-14,27H,15H2,1-2H3. The maximum absolute atomic E-state index is 13.3. The van der Waals surface area contributed by atoms with E-state index >= 15 is 0 Å². The highest BCUT2D eigenvalue weighted by molar-refractivity contribution is 6.36. The van der Waals surface area contributed by atoms with Crippen molar-refractivity contribution in [3.8, 4) is 5.75 Å². The number of nitrogens with zero attached hydrogens (tertiary/aromatic N) is 1. The highest BCUT2D eigenvalue weighted by Crippen LogP contribution is 2.33. The fraction of sp³-hybridized carbons (Fsp3) is 0.120. The zero-order valence-electron chi connectivity index (χ0n) is 17.2. The van der Waals surface area contributed by atoms with Crippen molar-refractivity contribution < 1.29 is 14.3 Å². The molecule has 0 unspecified atom stereocenters. The predicted octanol–water partition coefficient (Wildman–Crippen LogP) is 5.05. The average Bonchev–Trinajstić information content (AvgIpc) is 3.01. The molecule has 0 spiro atoms. The van der Waals surface area contributed by atoms with Gasteiger partial charge in [0.2, 0.25) is 0 Å². The Morgan fingerprint density at radius 3 is 2.29 bits per heavy atom. The number of hydrogen-bond donors (Lipinski definition) is 1. The van der Waals surface area contributed by atoms with Gasteiger partial charge in [0.15, 0.2) is 0 Å². The van der Waals surface area contributed by atoms with Gasteiger partial charge in [-0.3, -0.25) is 14.5 Å². The molecule has 0 aliphatic carbocycles. The highest BCUT2D eigenvalue weighted by Gasteiger charge is 2.39. The summed E-state index contributed by atoms with van der Waals surface area (Å²) < 4.78 is 5.22. The van der Waals surface area contributed by atoms with Crippen LogP contribution in [-0.2, 0) is 16.1 Å². The molecule has 1 heterocycles. The van der Waals surface area contributed by atoms with Gasteiger partial charge in [0, 0.05) is 10.7 Å². The van der Waals surface area contributed by atoms with E-state index in [1.807, 2.05) is 49.4 Å². The Bertz CT molecular complexity index is 1170. The van der Waals surface area contributed by atoms with Gasteiger partial charge in [0.1, 0.15) is 11.4 Å². The van der Waals surface area contributed by atoms with Crippen LogP contribution in [0.2, 0.25) is 5.02 Å². The summed E-state index contributed by atoms with van der Waals surface area (Å²) in [6.45, 7) is 2.10. The van der Waals surface area contributed by atoms with Crippen LogP contribution in [0.4, 0.5) is 5.69 Å². The van der Waals surface area contributed by atoms with Crippen LogP contribution in [-0.4, -0.2) is 23.8 Å². The minimum atomic E-state index is -0.378. The van der Waals surface area contributed by atoms with Crippen LogP contribution >= 0.6 is 11.6 Å². The van der Waals surface area contributed by atoms with Crippen LogP contribution in [0.1, 0.15) is 16.7 Å². The topological polar surface area (TPSA) is 58.6 Å². The van der Waals surface area contributed by atoms with E-state index < -0.39 is 0 Å². The molecule has 2 amide bonds. The van der Waals surface area contributed by atoms with Gasteiger partial charge in [0.05, 0.1) is 19.2 Å². The largest absolute Gasteiger partial charge is 0.497 e. The van der Waals surface area contributed by atoms with Crippen molar-refractivity contribution in [1.29, 1.82) is 0 Å². The van der Waals surface area contributed by atoms with Crippen molar-refractivity contribution in [2.45, 2.75) is 13.5 Å². The highest BCUT2D eigenvalue weighted by atomic mass is 35.5. The van der Waals surface area contributed by atoms with Crippen LogP contribution in [0.5, 0.6) is 5.75 Å². The Kier molecular flexibility index (Phi) is 5.78. The minimum absolute atomic E-state index is 0.192. The summed E-state index contributed by atoms with van der Waals surface area (Å²) in [6.07, 6.45) is 0. The predicted molar refractivity (Wildman–Crippen MR) is 122 cm³/mol. The SMILES string of the molecule is COc1ccc(C2=C(Nc3ccc(C)c(Cl)c3)C(=O)N(Cc3ccccc3)C2=O)cc1. The second-order valence-electron chi connectivity index (χ2n) is 7.25. The van der Waals surface area contributed by atoms with Crippen molar-refractivity contribution in [2.24, 2.45) is 0 Å². The van der Waals surface area contributed by atoms with Crippen LogP contribution < -0.4 is 10.1 Å². The van der Waals surface area contributed by atoms with Crippen molar-refractivity contribution >= 4 is 34.7 Å². The smallest absolute Gasteiger partial charge is 0.278 e. The van der Waals surface area contributed by atoms with E-state index in [0.717, 1.165) is 11.1 Å². The molecule has 156 valence electrons. The Balaban J connectivity index is 1.75. The monoisotopic (exact) mass is 432 g/mol. The first-order chi connectivity index (χ1) is 15.0. The zero-order valence-corrected chi connectivity index (χ0v) is 17.9. The lowest BCUT2D eigenvalue weighted by Crippen LogP contribution is -2.31. The molecule has 3 aromatic rings. The molecule has 6 heteroatoms. The van der Waals surface area contributed by atoms with Gasteiger partial charge in [-0.2, -0.15) is 0 Å². The molecule has 0 radical (unpaired) electrons. The minimum Gasteiger partial charge on any atom is -0.497 e. The van der Waals surface area contributed by atoms with Gasteiger partial charge in [-0.1, -0.05) is 60.1 Å². The van der Waals surface area contributed by atoms with E-state index in [1.54, 1.807) is 37.4 Å². The van der Waals surface area contributed by atoms with Gasteiger partial charge in [-0.15, -0.1) is 0 Å². The van der Waals surface area contributed by atoms with E-state index in [0.29, 0.717) is 27.6 Å². The lowest BCUT2D eigenvalue weighted by Gasteiger charge is -2.15. The molecule has 3 aromatic carbocycles. The van der Waals surface area contributed by atoms with Gasteiger partial charge < -0.3 is 10.1 Å². The molecule has 0 bridgehead atoms. The summed E-state index contributed by atoms with van der Waals surface area (Å²) in [5.41, 5.74) is 3.62. The molecule has 0 saturated carbocycles. The third-order valence-corrected chi connectivity index (χ3v) is 5.58. The number of ether oxygens (including phenoxy) is 1. The molecular formula is C25H21ClN2O3. The van der Waals surface area contributed by atoms with Gasteiger partial charge >= 0.3 is 0 Å². The second kappa shape index (κ2) is 8.66. The first kappa shape index (κ1) is 20.7. The number of benzene rings is 3. The van der Waals surface area contributed by atoms with Crippen molar-refractivity contribution in [2.75, 3.05) is 12.4 Å². The number of aryl methyl sites for hydroxylation is 1. The summed E-state index contributed by atoms with van der Waals surface area (Å²) in [5, 5.41) is 3.71. The number of halogens is 1. The molecule has 0 aromatic heterocycles. The molecule has 0 fully saturated rings. The molecule has 5 nitrogen and oxygen atoms in total. The molecule has 1 N–H and O–H groups in total. The van der Waals surface area contributed by atoms with Crippen molar-refractivity contribution in [3.63, 3.8) is 0 Å². The molecular weight excluding hydrogens is 412 g/mol. The maximum atomic E-state index is 13.3. The molecule has 0 saturated heterocycles. The zero-order chi connectivity index (χ0) is 22.0. The number of carbonyl (C=O) groups is 2. The van der Waals surface area contributed by atoms with E-state index in [9.17, 15) is 9.59 Å². The van der Waals surface area contributed by atoms with Gasteiger partial charge in [0.25, 0.3) is 11.8 Å². The number of amides is 2. The van der Waals surface area contributed by atoms with E-state index in [-0.39, 0.29) is 24.1 Å². The molecule has 1 aliphatic rings. The van der Waals surface area contributed by atoms with Gasteiger partial charge in [-0.25, -0.2) is 0 Å². The average molecular weight is 433 g/mol. The fourth-order valence-corrected chi connectivity index (χ4v) is 3.62. The quantitative estimate of drug-likeness (QED) is 0.554. The normalized spacial score (nSPS) is 13.7. The van der Waals surface area contributed by atoms with Crippen LogP contribution in [0.15, 0.2) is 78.5 Å². The number of anilines is 1. The number of rotatable bonds is 6. The first-order valence-electron chi connectivity index (χ1n) is 9.80. The third kappa shape index (κ3) is 4.18. The molecule has 4 rings (SSSR count). The number of imide groups is 1. The number of methoxy groups -OCH3 is 1. The summed E-state index contributed by atoms with van der Waals surface area (Å²) in [4.78, 5) is 27.9. The lowest BCUT2D eigenvalue weighted by atomic mass is 10.0. The Labute approximate surface area is 185 Å². The van der Waals surface area contributed by atoms with Crippen LogP contribution in [0.25, 0.3) is 5.57 Å².